The fourth-order valence-corrected chi connectivity index (χ4v) is 3.73. The topological polar surface area (TPSA) is 88.2 Å². The van der Waals surface area contributed by atoms with Crippen LogP contribution in [-0.4, -0.2) is 58.3 Å². The third kappa shape index (κ3) is 4.81. The third-order valence-corrected chi connectivity index (χ3v) is 5.06. The van der Waals surface area contributed by atoms with Gasteiger partial charge >= 0.3 is 12.2 Å². The van der Waals surface area contributed by atoms with E-state index in [2.05, 4.69) is 5.32 Å². The van der Waals surface area contributed by atoms with E-state index in [4.69, 9.17) is 9.47 Å². The standard InChI is InChI=1S/C21H29N3O5/c1-20(2,3)29-19(27)24-12-8-11-23-16(24)13-21(4,17(23)25)22-18(26)28-14-15-9-6-5-7-10-15/h5-7,9-10,16H,8,11-14H2,1-4H3,(H,22,26)/t16?,21-/m1/s1. The second kappa shape index (κ2) is 7.93. The molecule has 0 bridgehead atoms. The lowest BCUT2D eigenvalue weighted by Gasteiger charge is -2.39. The minimum atomic E-state index is -1.14. The lowest BCUT2D eigenvalue weighted by Crippen LogP contribution is -2.55. The molecule has 0 aliphatic carbocycles. The van der Waals surface area contributed by atoms with E-state index in [0.717, 1.165) is 5.56 Å². The molecule has 1 N–H and O–H groups in total. The summed E-state index contributed by atoms with van der Waals surface area (Å²) >= 11 is 0. The Kier molecular flexibility index (Phi) is 5.73. The van der Waals surface area contributed by atoms with Crippen molar-refractivity contribution in [3.63, 3.8) is 0 Å². The molecular formula is C21H29N3O5. The summed E-state index contributed by atoms with van der Waals surface area (Å²) in [6.07, 6.45) is -0.601. The molecule has 29 heavy (non-hydrogen) atoms. The number of carbonyl (C=O) groups is 3. The van der Waals surface area contributed by atoms with Crippen LogP contribution in [-0.2, 0) is 20.9 Å². The second-order valence-corrected chi connectivity index (χ2v) is 8.73. The molecule has 2 saturated heterocycles. The first-order valence-corrected chi connectivity index (χ1v) is 9.89. The maximum absolute atomic E-state index is 13.0. The van der Waals surface area contributed by atoms with Gasteiger partial charge in [-0.25, -0.2) is 9.59 Å². The Balaban J connectivity index is 1.65. The zero-order chi connectivity index (χ0) is 21.2. The minimum absolute atomic E-state index is 0.119. The van der Waals surface area contributed by atoms with Gasteiger partial charge in [-0.1, -0.05) is 30.3 Å². The number of nitrogens with one attached hydrogen (secondary N) is 1. The van der Waals surface area contributed by atoms with Crippen LogP contribution in [0.4, 0.5) is 9.59 Å². The number of hydrogen-bond acceptors (Lipinski definition) is 5. The maximum Gasteiger partial charge on any atom is 0.411 e. The summed E-state index contributed by atoms with van der Waals surface area (Å²) in [6.45, 7) is 8.26. The number of benzene rings is 1. The first-order valence-electron chi connectivity index (χ1n) is 9.89. The van der Waals surface area contributed by atoms with Crippen LogP contribution in [0.2, 0.25) is 0 Å². The number of amides is 3. The molecule has 1 unspecified atom stereocenters. The summed E-state index contributed by atoms with van der Waals surface area (Å²) in [4.78, 5) is 41.2. The van der Waals surface area contributed by atoms with Gasteiger partial charge in [0.2, 0.25) is 5.91 Å². The van der Waals surface area contributed by atoms with Gasteiger partial charge in [0.1, 0.15) is 23.9 Å². The molecule has 2 fully saturated rings. The summed E-state index contributed by atoms with van der Waals surface area (Å²) in [5, 5.41) is 2.71. The van der Waals surface area contributed by atoms with Crippen molar-refractivity contribution in [1.29, 1.82) is 0 Å². The molecule has 2 aliphatic heterocycles. The van der Waals surface area contributed by atoms with Crippen molar-refractivity contribution < 1.29 is 23.9 Å². The van der Waals surface area contributed by atoms with Crippen molar-refractivity contribution >= 4 is 18.1 Å². The van der Waals surface area contributed by atoms with Gasteiger partial charge < -0.3 is 19.7 Å². The van der Waals surface area contributed by atoms with E-state index in [1.54, 1.807) is 37.5 Å². The molecule has 1 aromatic rings. The largest absolute Gasteiger partial charge is 0.445 e. The van der Waals surface area contributed by atoms with Gasteiger partial charge in [0.05, 0.1) is 0 Å². The van der Waals surface area contributed by atoms with Gasteiger partial charge in [0, 0.05) is 19.5 Å². The van der Waals surface area contributed by atoms with Crippen LogP contribution < -0.4 is 5.32 Å². The van der Waals surface area contributed by atoms with Gasteiger partial charge in [0.25, 0.3) is 0 Å². The molecule has 2 atom stereocenters. The van der Waals surface area contributed by atoms with Crippen LogP contribution in [0.3, 0.4) is 0 Å². The fourth-order valence-electron chi connectivity index (χ4n) is 3.73. The van der Waals surface area contributed by atoms with E-state index in [1.807, 2.05) is 30.3 Å². The lowest BCUT2D eigenvalue weighted by atomic mass is 10.00. The van der Waals surface area contributed by atoms with E-state index in [0.29, 0.717) is 19.5 Å². The molecule has 8 heteroatoms. The number of carbonyl (C=O) groups excluding carboxylic acids is 3. The predicted octanol–water partition coefficient (Wildman–Crippen LogP) is 2.87. The van der Waals surface area contributed by atoms with Crippen LogP contribution in [0.15, 0.2) is 30.3 Å². The third-order valence-electron chi connectivity index (χ3n) is 5.06. The average Bonchev–Trinajstić information content (AvgIpc) is 2.90. The highest BCUT2D eigenvalue weighted by Crippen LogP contribution is 2.34. The Hall–Kier alpha value is -2.77. The Morgan fingerprint density at radius 2 is 1.90 bits per heavy atom. The van der Waals surface area contributed by atoms with Crippen molar-refractivity contribution in [3.8, 4) is 0 Å². The first-order chi connectivity index (χ1) is 13.6. The fraction of sp³-hybridized carbons (Fsp3) is 0.571. The molecule has 2 heterocycles. The normalized spacial score (nSPS) is 24.1. The number of nitrogens with zero attached hydrogens (tertiary/aromatic N) is 2. The summed E-state index contributed by atoms with van der Waals surface area (Å²) in [5.74, 6) is -0.215. The lowest BCUT2D eigenvalue weighted by molar-refractivity contribution is -0.136. The van der Waals surface area contributed by atoms with Gasteiger partial charge in [-0.15, -0.1) is 0 Å². The van der Waals surface area contributed by atoms with Crippen LogP contribution in [0, 0.1) is 0 Å². The van der Waals surface area contributed by atoms with E-state index in [-0.39, 0.29) is 18.9 Å². The molecule has 8 nitrogen and oxygen atoms in total. The Morgan fingerprint density at radius 1 is 1.21 bits per heavy atom. The highest BCUT2D eigenvalue weighted by atomic mass is 16.6. The van der Waals surface area contributed by atoms with Gasteiger partial charge in [0.15, 0.2) is 0 Å². The monoisotopic (exact) mass is 403 g/mol. The Bertz CT molecular complexity index is 776. The molecule has 0 radical (unpaired) electrons. The van der Waals surface area contributed by atoms with Crippen molar-refractivity contribution in [2.75, 3.05) is 13.1 Å². The van der Waals surface area contributed by atoms with Crippen molar-refractivity contribution in [3.05, 3.63) is 35.9 Å². The van der Waals surface area contributed by atoms with Crippen LogP contribution in [0.25, 0.3) is 0 Å². The smallest absolute Gasteiger partial charge is 0.411 e. The van der Waals surface area contributed by atoms with E-state index >= 15 is 0 Å². The molecular weight excluding hydrogens is 374 g/mol. The number of hydrogen-bond donors (Lipinski definition) is 1. The zero-order valence-corrected chi connectivity index (χ0v) is 17.4. The SMILES string of the molecule is CC(C)(C)OC(=O)N1CCCN2C(=O)[C@](C)(NC(=O)OCc3ccccc3)CC12. The van der Waals surface area contributed by atoms with Gasteiger partial charge in [-0.2, -0.15) is 0 Å². The molecule has 0 saturated carbocycles. The van der Waals surface area contributed by atoms with Crippen molar-refractivity contribution in [1.82, 2.24) is 15.1 Å². The predicted molar refractivity (Wildman–Crippen MR) is 106 cm³/mol. The summed E-state index contributed by atoms with van der Waals surface area (Å²) in [7, 11) is 0. The first kappa shape index (κ1) is 21.0. The van der Waals surface area contributed by atoms with Crippen LogP contribution in [0.1, 0.15) is 46.1 Å². The van der Waals surface area contributed by atoms with Crippen molar-refractivity contribution in [2.24, 2.45) is 0 Å². The quantitative estimate of drug-likeness (QED) is 0.838. The molecule has 1 aromatic carbocycles. The number of alkyl carbamates (subject to hydrolysis) is 1. The average molecular weight is 403 g/mol. The van der Waals surface area contributed by atoms with Crippen LogP contribution in [0.5, 0.6) is 0 Å². The number of rotatable bonds is 3. The zero-order valence-electron chi connectivity index (χ0n) is 17.4. The molecule has 158 valence electrons. The highest BCUT2D eigenvalue weighted by Gasteiger charge is 2.54. The van der Waals surface area contributed by atoms with E-state index in [9.17, 15) is 14.4 Å². The molecule has 3 amide bonds. The van der Waals surface area contributed by atoms with Crippen molar-refractivity contribution in [2.45, 2.75) is 64.4 Å². The Labute approximate surface area is 171 Å². The Morgan fingerprint density at radius 3 is 2.55 bits per heavy atom. The summed E-state index contributed by atoms with van der Waals surface area (Å²) < 4.78 is 10.8. The van der Waals surface area contributed by atoms with Gasteiger partial charge in [-0.05, 0) is 39.7 Å². The molecule has 0 spiro atoms. The minimum Gasteiger partial charge on any atom is -0.445 e. The van der Waals surface area contributed by atoms with E-state index in [1.165, 1.54) is 0 Å². The summed E-state index contributed by atoms with van der Waals surface area (Å²) in [6, 6.07) is 9.32. The molecule has 0 aromatic heterocycles. The molecule has 2 aliphatic rings. The van der Waals surface area contributed by atoms with Gasteiger partial charge in [-0.3, -0.25) is 9.69 Å². The molecule has 3 rings (SSSR count). The number of ether oxygens (including phenoxy) is 2. The number of fused-ring (bicyclic) bond motifs is 1. The summed E-state index contributed by atoms with van der Waals surface area (Å²) in [5.41, 5.74) is -0.896. The highest BCUT2D eigenvalue weighted by molar-refractivity contribution is 5.92. The maximum atomic E-state index is 13.0. The van der Waals surface area contributed by atoms with Crippen LogP contribution >= 0.6 is 0 Å². The van der Waals surface area contributed by atoms with E-state index < -0.39 is 29.5 Å². The second-order valence-electron chi connectivity index (χ2n) is 8.73.